The van der Waals surface area contributed by atoms with Gasteiger partial charge in [0.25, 0.3) is 0 Å². The number of rotatable bonds is 3. The van der Waals surface area contributed by atoms with Crippen LogP contribution in [0.25, 0.3) is 11.1 Å². The van der Waals surface area contributed by atoms with Crippen molar-refractivity contribution in [1.82, 2.24) is 4.90 Å². The van der Waals surface area contributed by atoms with Gasteiger partial charge in [0.1, 0.15) is 12.4 Å². The average molecular weight is 331 g/mol. The minimum atomic E-state index is -0.491. The molecule has 0 bridgehead atoms. The van der Waals surface area contributed by atoms with Crippen LogP contribution in [-0.2, 0) is 4.74 Å². The van der Waals surface area contributed by atoms with Crippen molar-refractivity contribution in [3.05, 3.63) is 72.1 Å². The highest BCUT2D eigenvalue weighted by Gasteiger charge is 2.29. The number of nitrogens with zero attached hydrogens (tertiary/aromatic N) is 1. The summed E-state index contributed by atoms with van der Waals surface area (Å²) < 4.78 is 5.41. The summed E-state index contributed by atoms with van der Waals surface area (Å²) in [6.07, 6.45) is -0.491. The van der Waals surface area contributed by atoms with E-state index in [9.17, 15) is 4.79 Å². The predicted molar refractivity (Wildman–Crippen MR) is 93.4 cm³/mol. The van der Waals surface area contributed by atoms with Gasteiger partial charge in [-0.2, -0.15) is 0 Å². The molecule has 0 unspecified atom stereocenters. The molecule has 2 aromatic carbocycles. The van der Waals surface area contributed by atoms with Gasteiger partial charge in [-0.05, 0) is 22.3 Å². The van der Waals surface area contributed by atoms with Crippen molar-refractivity contribution < 1.29 is 9.53 Å². The fraction of sp³-hybridized carbons (Fsp3) is 0.167. The van der Waals surface area contributed by atoms with Crippen LogP contribution >= 0.6 is 12.4 Å². The van der Waals surface area contributed by atoms with Gasteiger partial charge in [0, 0.05) is 13.0 Å². The zero-order valence-electron chi connectivity index (χ0n) is 12.9. The van der Waals surface area contributed by atoms with Crippen molar-refractivity contribution in [3.8, 4) is 11.1 Å². The largest absolute Gasteiger partial charge is 0.448 e. The summed E-state index contributed by atoms with van der Waals surface area (Å²) in [5.41, 5.74) is 10.3. The smallest absolute Gasteiger partial charge is 0.415 e. The Bertz CT molecular complexity index is 700. The Kier molecular flexibility index (Phi) is 4.96. The molecule has 0 atom stereocenters. The second-order valence-corrected chi connectivity index (χ2v) is 5.35. The van der Waals surface area contributed by atoms with Gasteiger partial charge in [-0.1, -0.05) is 55.1 Å². The second kappa shape index (κ2) is 6.75. The van der Waals surface area contributed by atoms with Crippen LogP contribution in [0.15, 0.2) is 60.9 Å². The summed E-state index contributed by atoms with van der Waals surface area (Å²) in [5.74, 6) is 0.216. The molecule has 4 nitrogen and oxygen atoms in total. The molecule has 2 N–H and O–H groups in total. The van der Waals surface area contributed by atoms with E-state index in [1.165, 1.54) is 27.2 Å². The average Bonchev–Trinajstić information content (AvgIpc) is 2.86. The maximum atomic E-state index is 11.9. The molecule has 23 heavy (non-hydrogen) atoms. The van der Waals surface area contributed by atoms with Gasteiger partial charge in [0.2, 0.25) is 0 Å². The fourth-order valence-electron chi connectivity index (χ4n) is 2.81. The summed E-state index contributed by atoms with van der Waals surface area (Å²) in [7, 11) is 1.54. The molecule has 0 radical (unpaired) electrons. The number of halogens is 1. The Morgan fingerprint density at radius 1 is 1.13 bits per heavy atom. The molecule has 0 aliphatic heterocycles. The Balaban J connectivity index is 0.00000192. The molecule has 1 aliphatic carbocycles. The Morgan fingerprint density at radius 3 is 2.09 bits per heavy atom. The standard InChI is InChI=1S/C18H18N2O2.ClH/c1-12(19)20(2)18(21)22-11-17-15-9-5-3-7-13(15)14-8-4-6-10-16(14)17;/h3-10,17H,1,11,19H2,2H3;1H. The maximum Gasteiger partial charge on any atom is 0.415 e. The number of carbonyl (C=O) groups excluding carboxylic acids is 1. The van der Waals surface area contributed by atoms with Gasteiger partial charge >= 0.3 is 6.09 Å². The van der Waals surface area contributed by atoms with Crippen molar-refractivity contribution in [2.75, 3.05) is 13.7 Å². The van der Waals surface area contributed by atoms with Crippen LogP contribution < -0.4 is 5.73 Å². The van der Waals surface area contributed by atoms with Crippen LogP contribution in [0.2, 0.25) is 0 Å². The third-order valence-electron chi connectivity index (χ3n) is 4.04. The van der Waals surface area contributed by atoms with E-state index in [1.807, 2.05) is 24.3 Å². The first-order valence-electron chi connectivity index (χ1n) is 7.12. The SMILES string of the molecule is C=C(N)N(C)C(=O)OCC1c2ccccc2-c2ccccc21.Cl. The van der Waals surface area contributed by atoms with Crippen LogP contribution in [-0.4, -0.2) is 24.6 Å². The first-order chi connectivity index (χ1) is 10.6. The number of hydrogen-bond acceptors (Lipinski definition) is 3. The van der Waals surface area contributed by atoms with Gasteiger partial charge in [0.05, 0.1) is 0 Å². The molecule has 0 saturated heterocycles. The summed E-state index contributed by atoms with van der Waals surface area (Å²) in [5, 5.41) is 0. The normalized spacial score (nSPS) is 11.9. The Hall–Kier alpha value is -2.46. The molecule has 1 aliphatic rings. The number of fused-ring (bicyclic) bond motifs is 3. The summed E-state index contributed by atoms with van der Waals surface area (Å²) >= 11 is 0. The van der Waals surface area contributed by atoms with Crippen molar-refractivity contribution in [1.29, 1.82) is 0 Å². The van der Waals surface area contributed by atoms with Crippen LogP contribution in [0.1, 0.15) is 17.0 Å². The van der Waals surface area contributed by atoms with Gasteiger partial charge in [-0.3, -0.25) is 4.90 Å². The van der Waals surface area contributed by atoms with E-state index in [0.29, 0.717) is 0 Å². The highest BCUT2D eigenvalue weighted by molar-refractivity contribution is 5.85. The van der Waals surface area contributed by atoms with E-state index < -0.39 is 6.09 Å². The molecular formula is C18H19ClN2O2. The molecule has 1 amide bonds. The van der Waals surface area contributed by atoms with E-state index >= 15 is 0 Å². The molecule has 0 heterocycles. The minimum Gasteiger partial charge on any atom is -0.448 e. The summed E-state index contributed by atoms with van der Waals surface area (Å²) in [6, 6.07) is 16.4. The zero-order valence-corrected chi connectivity index (χ0v) is 13.7. The lowest BCUT2D eigenvalue weighted by atomic mass is 9.98. The molecule has 0 spiro atoms. The predicted octanol–water partition coefficient (Wildman–Crippen LogP) is 3.72. The quantitative estimate of drug-likeness (QED) is 0.933. The summed E-state index contributed by atoms with van der Waals surface area (Å²) in [6.45, 7) is 3.81. The molecule has 0 aromatic heterocycles. The lowest BCUT2D eigenvalue weighted by Gasteiger charge is -2.19. The first kappa shape index (κ1) is 16.9. The number of benzene rings is 2. The second-order valence-electron chi connectivity index (χ2n) is 5.35. The van der Waals surface area contributed by atoms with Crippen molar-refractivity contribution in [2.24, 2.45) is 5.73 Å². The third-order valence-corrected chi connectivity index (χ3v) is 4.04. The first-order valence-corrected chi connectivity index (χ1v) is 7.12. The van der Waals surface area contributed by atoms with E-state index in [1.54, 1.807) is 7.05 Å². The van der Waals surface area contributed by atoms with Crippen LogP contribution in [0.3, 0.4) is 0 Å². The number of amides is 1. The van der Waals surface area contributed by atoms with Gasteiger partial charge in [-0.15, -0.1) is 12.4 Å². The number of carbonyl (C=O) groups is 1. The molecule has 120 valence electrons. The third kappa shape index (κ3) is 3.03. The van der Waals surface area contributed by atoms with Crippen LogP contribution in [0, 0.1) is 0 Å². The number of nitrogens with two attached hydrogens (primary N) is 1. The highest BCUT2D eigenvalue weighted by atomic mass is 35.5. The zero-order chi connectivity index (χ0) is 15.7. The van der Waals surface area contributed by atoms with Crippen LogP contribution in [0.4, 0.5) is 4.79 Å². The lowest BCUT2D eigenvalue weighted by Crippen LogP contribution is -2.31. The van der Waals surface area contributed by atoms with E-state index in [2.05, 4.69) is 30.8 Å². The van der Waals surface area contributed by atoms with Crippen molar-refractivity contribution >= 4 is 18.5 Å². The monoisotopic (exact) mass is 330 g/mol. The number of hydrogen-bond donors (Lipinski definition) is 1. The summed E-state index contributed by atoms with van der Waals surface area (Å²) in [4.78, 5) is 13.1. The topological polar surface area (TPSA) is 55.6 Å². The molecule has 3 rings (SSSR count). The number of ether oxygens (including phenoxy) is 1. The van der Waals surface area contributed by atoms with E-state index in [4.69, 9.17) is 10.5 Å². The van der Waals surface area contributed by atoms with E-state index in [0.717, 1.165) is 0 Å². The highest BCUT2D eigenvalue weighted by Crippen LogP contribution is 2.44. The van der Waals surface area contributed by atoms with E-state index in [-0.39, 0.29) is 30.8 Å². The van der Waals surface area contributed by atoms with Crippen molar-refractivity contribution in [3.63, 3.8) is 0 Å². The molecule has 5 heteroatoms. The molecular weight excluding hydrogens is 312 g/mol. The fourth-order valence-corrected chi connectivity index (χ4v) is 2.81. The molecule has 0 saturated carbocycles. The maximum absolute atomic E-state index is 11.9. The van der Waals surface area contributed by atoms with Gasteiger partial charge < -0.3 is 10.5 Å². The van der Waals surface area contributed by atoms with Crippen molar-refractivity contribution in [2.45, 2.75) is 5.92 Å². The van der Waals surface area contributed by atoms with Gasteiger partial charge in [0.15, 0.2) is 0 Å². The molecule has 2 aromatic rings. The Morgan fingerprint density at radius 2 is 1.61 bits per heavy atom. The lowest BCUT2D eigenvalue weighted by molar-refractivity contribution is 0.117. The van der Waals surface area contributed by atoms with Gasteiger partial charge in [-0.25, -0.2) is 4.79 Å². The Labute approximate surface area is 142 Å². The minimum absolute atomic E-state index is 0. The van der Waals surface area contributed by atoms with Crippen LogP contribution in [0.5, 0.6) is 0 Å². The molecule has 0 fully saturated rings.